The number of sulfonamides is 2. The van der Waals surface area contributed by atoms with Crippen molar-refractivity contribution < 1.29 is 16.8 Å². The molecule has 27 heavy (non-hydrogen) atoms. The van der Waals surface area contributed by atoms with Crippen LogP contribution in [-0.4, -0.2) is 39.2 Å². The zero-order valence-electron chi connectivity index (χ0n) is 15.1. The van der Waals surface area contributed by atoms with E-state index in [0.29, 0.717) is 13.1 Å². The van der Waals surface area contributed by atoms with Gasteiger partial charge in [0.05, 0.1) is 5.02 Å². The second-order valence-electron chi connectivity index (χ2n) is 5.63. The first kappa shape index (κ1) is 21.6. The minimum Gasteiger partial charge on any atom is -0.292 e. The Balaban J connectivity index is 2.15. The number of pyridine rings is 1. The molecular weight excluding hydrogens is 412 g/mol. The number of aryl methyl sites for hydroxylation is 1. The molecule has 0 unspecified atom stereocenters. The van der Waals surface area contributed by atoms with Crippen molar-refractivity contribution in [1.29, 1.82) is 0 Å². The highest BCUT2D eigenvalue weighted by Gasteiger charge is 2.22. The van der Waals surface area contributed by atoms with E-state index in [-0.39, 0.29) is 20.6 Å². The van der Waals surface area contributed by atoms with Gasteiger partial charge in [-0.1, -0.05) is 31.5 Å². The molecule has 0 aliphatic rings. The van der Waals surface area contributed by atoms with E-state index in [1.54, 1.807) is 32.9 Å². The highest BCUT2D eigenvalue weighted by molar-refractivity contribution is 7.89. The molecule has 0 fully saturated rings. The van der Waals surface area contributed by atoms with Crippen LogP contribution < -0.4 is 10.3 Å². The smallest absolute Gasteiger partial charge is 0.258 e. The van der Waals surface area contributed by atoms with E-state index in [0.717, 1.165) is 5.56 Å². The number of nitrogens with zero attached hydrogens (tertiary/aromatic N) is 2. The second kappa shape index (κ2) is 8.53. The van der Waals surface area contributed by atoms with Crippen LogP contribution in [0.4, 0.5) is 5.82 Å². The van der Waals surface area contributed by atoms with Crippen molar-refractivity contribution in [2.24, 2.45) is 0 Å². The SMILES string of the molecule is CCN(CC)S(=O)(=O)c1ccc(NNS(=O)(=O)c2ccc(C)cc2Cl)nc1. The molecule has 0 amide bonds. The summed E-state index contributed by atoms with van der Waals surface area (Å²) in [4.78, 5) is 6.07. The number of hydrogen-bond acceptors (Lipinski definition) is 6. The lowest BCUT2D eigenvalue weighted by Gasteiger charge is -2.18. The summed E-state index contributed by atoms with van der Waals surface area (Å²) in [5.41, 5.74) is 3.28. The van der Waals surface area contributed by atoms with Crippen molar-refractivity contribution in [2.45, 2.75) is 30.6 Å². The Bertz CT molecular complexity index is 1010. The third-order valence-corrected chi connectivity index (χ3v) is 7.53. The Morgan fingerprint density at radius 3 is 2.26 bits per heavy atom. The summed E-state index contributed by atoms with van der Waals surface area (Å²) in [7, 11) is -7.55. The van der Waals surface area contributed by atoms with E-state index < -0.39 is 20.0 Å². The Morgan fingerprint density at radius 2 is 1.74 bits per heavy atom. The summed E-state index contributed by atoms with van der Waals surface area (Å²) in [6, 6.07) is 7.30. The van der Waals surface area contributed by atoms with Gasteiger partial charge in [0, 0.05) is 19.3 Å². The summed E-state index contributed by atoms with van der Waals surface area (Å²) in [5.74, 6) is 0.139. The van der Waals surface area contributed by atoms with Crippen LogP contribution in [0.2, 0.25) is 5.02 Å². The predicted molar refractivity (Wildman–Crippen MR) is 104 cm³/mol. The fourth-order valence-electron chi connectivity index (χ4n) is 2.32. The predicted octanol–water partition coefficient (Wildman–Crippen LogP) is 2.38. The average Bonchev–Trinajstić information content (AvgIpc) is 2.61. The van der Waals surface area contributed by atoms with E-state index in [9.17, 15) is 16.8 Å². The highest BCUT2D eigenvalue weighted by Crippen LogP contribution is 2.22. The van der Waals surface area contributed by atoms with Gasteiger partial charge >= 0.3 is 0 Å². The zero-order chi connectivity index (χ0) is 20.2. The van der Waals surface area contributed by atoms with Gasteiger partial charge < -0.3 is 0 Å². The first-order valence-electron chi connectivity index (χ1n) is 8.12. The molecule has 0 spiro atoms. The monoisotopic (exact) mass is 432 g/mol. The fourth-order valence-corrected chi connectivity index (χ4v) is 5.17. The summed E-state index contributed by atoms with van der Waals surface area (Å²) < 4.78 is 50.8. The number of nitrogens with one attached hydrogen (secondary N) is 2. The first-order valence-corrected chi connectivity index (χ1v) is 11.4. The maximum atomic E-state index is 12.4. The molecule has 1 aromatic heterocycles. The Morgan fingerprint density at radius 1 is 1.07 bits per heavy atom. The molecule has 0 radical (unpaired) electrons. The molecule has 2 rings (SSSR count). The van der Waals surface area contributed by atoms with Crippen molar-refractivity contribution in [3.8, 4) is 0 Å². The van der Waals surface area contributed by atoms with Crippen LogP contribution in [0, 0.1) is 6.92 Å². The van der Waals surface area contributed by atoms with Gasteiger partial charge in [-0.25, -0.2) is 21.8 Å². The maximum absolute atomic E-state index is 12.4. The van der Waals surface area contributed by atoms with Crippen molar-refractivity contribution in [1.82, 2.24) is 14.1 Å². The van der Waals surface area contributed by atoms with Gasteiger partial charge in [0.2, 0.25) is 10.0 Å². The molecule has 8 nitrogen and oxygen atoms in total. The van der Waals surface area contributed by atoms with E-state index in [1.807, 2.05) is 0 Å². The van der Waals surface area contributed by atoms with Gasteiger partial charge in [-0.05, 0) is 36.8 Å². The number of aromatic nitrogens is 1. The Labute approximate surface area is 164 Å². The number of halogens is 1. The molecule has 148 valence electrons. The number of rotatable bonds is 8. The molecular formula is C16H21ClN4O4S2. The second-order valence-corrected chi connectivity index (χ2v) is 9.63. The topological polar surface area (TPSA) is 108 Å². The standard InChI is InChI=1S/C16H21ClN4O4S2/c1-4-21(5-2)27(24,25)13-7-9-16(18-11-13)19-20-26(22,23)15-8-6-12(3)10-14(15)17/h6-11,20H,4-5H2,1-3H3,(H,18,19). The summed E-state index contributed by atoms with van der Waals surface area (Å²) in [5, 5.41) is 0.0953. The van der Waals surface area contributed by atoms with E-state index in [2.05, 4.69) is 15.2 Å². The lowest BCUT2D eigenvalue weighted by Crippen LogP contribution is -2.31. The molecule has 2 N–H and O–H groups in total. The van der Waals surface area contributed by atoms with Crippen LogP contribution in [0.5, 0.6) is 0 Å². The van der Waals surface area contributed by atoms with Gasteiger partial charge in [0.1, 0.15) is 15.6 Å². The van der Waals surface area contributed by atoms with E-state index in [4.69, 9.17) is 11.6 Å². The zero-order valence-corrected chi connectivity index (χ0v) is 17.5. The van der Waals surface area contributed by atoms with Gasteiger partial charge in [0.15, 0.2) is 0 Å². The normalized spacial score (nSPS) is 12.3. The van der Waals surface area contributed by atoms with Crippen LogP contribution in [0.1, 0.15) is 19.4 Å². The van der Waals surface area contributed by atoms with Crippen molar-refractivity contribution in [2.75, 3.05) is 18.5 Å². The number of anilines is 1. The molecule has 0 atom stereocenters. The van der Waals surface area contributed by atoms with Crippen LogP contribution in [0.3, 0.4) is 0 Å². The lowest BCUT2D eigenvalue weighted by molar-refractivity contribution is 0.445. The van der Waals surface area contributed by atoms with Crippen molar-refractivity contribution in [3.63, 3.8) is 0 Å². The van der Waals surface area contributed by atoms with E-state index >= 15 is 0 Å². The van der Waals surface area contributed by atoms with Gasteiger partial charge in [0.25, 0.3) is 10.0 Å². The van der Waals surface area contributed by atoms with Crippen LogP contribution in [0.15, 0.2) is 46.3 Å². The molecule has 1 heterocycles. The van der Waals surface area contributed by atoms with Crippen molar-refractivity contribution >= 4 is 37.5 Å². The minimum absolute atomic E-state index is 0.0289. The van der Waals surface area contributed by atoms with Gasteiger partial charge in [-0.3, -0.25) is 5.43 Å². The third kappa shape index (κ3) is 4.96. The molecule has 0 bridgehead atoms. The maximum Gasteiger partial charge on any atom is 0.258 e. The minimum atomic E-state index is -3.93. The molecule has 0 aliphatic carbocycles. The molecule has 0 aliphatic heterocycles. The molecule has 11 heteroatoms. The first-order chi connectivity index (χ1) is 12.6. The number of hydrogen-bond donors (Lipinski definition) is 2. The fraction of sp³-hybridized carbons (Fsp3) is 0.312. The molecule has 2 aromatic rings. The molecule has 0 saturated carbocycles. The van der Waals surface area contributed by atoms with Crippen LogP contribution >= 0.6 is 11.6 Å². The van der Waals surface area contributed by atoms with Gasteiger partial charge in [-0.2, -0.15) is 4.31 Å². The number of benzene rings is 1. The van der Waals surface area contributed by atoms with Gasteiger partial charge in [-0.15, -0.1) is 4.83 Å². The summed E-state index contributed by atoms with van der Waals surface area (Å²) >= 11 is 5.99. The summed E-state index contributed by atoms with van der Waals surface area (Å²) in [6.07, 6.45) is 1.17. The summed E-state index contributed by atoms with van der Waals surface area (Å²) in [6.45, 7) is 5.97. The lowest BCUT2D eigenvalue weighted by atomic mass is 10.2. The highest BCUT2D eigenvalue weighted by atomic mass is 35.5. The molecule has 0 saturated heterocycles. The van der Waals surface area contributed by atoms with Crippen LogP contribution in [-0.2, 0) is 20.0 Å². The Kier molecular flexibility index (Phi) is 6.82. The number of hydrazine groups is 1. The largest absolute Gasteiger partial charge is 0.292 e. The van der Waals surface area contributed by atoms with Crippen LogP contribution in [0.25, 0.3) is 0 Å². The molecule has 1 aromatic carbocycles. The van der Waals surface area contributed by atoms with E-state index in [1.165, 1.54) is 28.7 Å². The third-order valence-electron chi connectivity index (χ3n) is 3.77. The Hall–Kier alpha value is -1.72. The quantitative estimate of drug-likeness (QED) is 0.620. The average molecular weight is 433 g/mol. The van der Waals surface area contributed by atoms with Crippen molar-refractivity contribution in [3.05, 3.63) is 47.1 Å².